The number of rotatable bonds is 1. The van der Waals surface area contributed by atoms with E-state index in [2.05, 4.69) is 20.7 Å². The van der Waals surface area contributed by atoms with Crippen LogP contribution in [-0.2, 0) is 4.79 Å². The van der Waals surface area contributed by atoms with Crippen molar-refractivity contribution < 1.29 is 18.7 Å². The third kappa shape index (κ3) is 3.19. The molecule has 1 aromatic carbocycles. The van der Waals surface area contributed by atoms with Crippen LogP contribution in [0.2, 0.25) is 0 Å². The van der Waals surface area contributed by atoms with E-state index in [0.29, 0.717) is 29.1 Å². The second kappa shape index (κ2) is 6.67. The third-order valence-corrected chi connectivity index (χ3v) is 4.31. The van der Waals surface area contributed by atoms with Gasteiger partial charge in [0.1, 0.15) is 22.9 Å². The van der Waals surface area contributed by atoms with E-state index in [-0.39, 0.29) is 18.2 Å². The normalized spacial score (nSPS) is 19.7. The maximum atomic E-state index is 13.8. The molecule has 0 aliphatic carbocycles. The van der Waals surface area contributed by atoms with E-state index < -0.39 is 17.8 Å². The number of anilines is 1. The zero-order valence-electron chi connectivity index (χ0n) is 14.3. The molecule has 3 heterocycles. The Labute approximate surface area is 153 Å². The van der Waals surface area contributed by atoms with Crippen LogP contribution in [0.4, 0.5) is 10.2 Å². The number of carbonyl (C=O) groups excluding carboxylic acids is 2. The monoisotopic (exact) mass is 369 g/mol. The average Bonchev–Trinajstić information content (AvgIpc) is 3.08. The first kappa shape index (κ1) is 17.0. The van der Waals surface area contributed by atoms with E-state index in [0.717, 1.165) is 0 Å². The van der Waals surface area contributed by atoms with Gasteiger partial charge < -0.3 is 15.4 Å². The number of benzene rings is 1. The Kier molecular flexibility index (Phi) is 4.19. The summed E-state index contributed by atoms with van der Waals surface area (Å²) in [5, 5.41) is 9.92. The van der Waals surface area contributed by atoms with Crippen molar-refractivity contribution in [3.63, 3.8) is 0 Å². The summed E-state index contributed by atoms with van der Waals surface area (Å²) in [4.78, 5) is 28.3. The van der Waals surface area contributed by atoms with E-state index in [1.165, 1.54) is 28.9 Å². The molecule has 0 fully saturated rings. The Hall–Kier alpha value is -3.49. The molecule has 2 N–H and O–H groups in total. The number of hydrogen-bond acceptors (Lipinski definition) is 6. The van der Waals surface area contributed by atoms with E-state index in [1.807, 2.05) is 6.92 Å². The zero-order chi connectivity index (χ0) is 19.0. The first-order chi connectivity index (χ1) is 13.0. The Morgan fingerprint density at radius 1 is 1.37 bits per heavy atom. The van der Waals surface area contributed by atoms with Crippen molar-refractivity contribution >= 4 is 23.7 Å². The summed E-state index contributed by atoms with van der Waals surface area (Å²) in [6, 6.07) is 5.40. The predicted molar refractivity (Wildman–Crippen MR) is 94.2 cm³/mol. The van der Waals surface area contributed by atoms with Gasteiger partial charge in [-0.25, -0.2) is 13.9 Å². The summed E-state index contributed by atoms with van der Waals surface area (Å²) in [6.07, 6.45) is 2.75. The molecule has 0 saturated carbocycles. The summed E-state index contributed by atoms with van der Waals surface area (Å²) < 4.78 is 21.0. The molecule has 0 spiro atoms. The van der Waals surface area contributed by atoms with Crippen LogP contribution in [0.3, 0.4) is 0 Å². The number of nitrogens with one attached hydrogen (secondary N) is 2. The minimum Gasteiger partial charge on any atom is -0.481 e. The molecule has 2 atom stereocenters. The van der Waals surface area contributed by atoms with Crippen LogP contribution in [0.1, 0.15) is 28.9 Å². The van der Waals surface area contributed by atoms with Gasteiger partial charge in [0.25, 0.3) is 5.91 Å². The Morgan fingerprint density at radius 3 is 3.04 bits per heavy atom. The van der Waals surface area contributed by atoms with Crippen molar-refractivity contribution in [3.8, 4) is 5.75 Å². The number of hydrogen-bond donors (Lipinski definition) is 2. The zero-order valence-corrected chi connectivity index (χ0v) is 14.3. The largest absolute Gasteiger partial charge is 0.481 e. The second-order valence-electron chi connectivity index (χ2n) is 6.19. The molecule has 1 amide bonds. The van der Waals surface area contributed by atoms with Gasteiger partial charge in [0.05, 0.1) is 18.8 Å². The van der Waals surface area contributed by atoms with Gasteiger partial charge in [0.2, 0.25) is 0 Å². The molecule has 0 saturated heterocycles. The van der Waals surface area contributed by atoms with Crippen LogP contribution in [0.25, 0.3) is 5.65 Å². The molecular weight excluding hydrogens is 353 g/mol. The van der Waals surface area contributed by atoms with Gasteiger partial charge in [0.15, 0.2) is 18.0 Å². The number of ether oxygens (including phenoxy) is 1. The van der Waals surface area contributed by atoms with Crippen LogP contribution >= 0.6 is 0 Å². The molecule has 1 aliphatic heterocycles. The third-order valence-electron chi connectivity index (χ3n) is 4.31. The first-order valence-corrected chi connectivity index (χ1v) is 8.35. The molecule has 0 radical (unpaired) electrons. The van der Waals surface area contributed by atoms with Gasteiger partial charge in [-0.3, -0.25) is 9.59 Å². The number of aromatic nitrogens is 3. The number of nitrogens with zero attached hydrogens (tertiary/aromatic N) is 3. The number of aldehydes is 1. The van der Waals surface area contributed by atoms with Crippen molar-refractivity contribution in [1.29, 1.82) is 0 Å². The molecule has 0 unspecified atom stereocenters. The number of halogens is 1. The van der Waals surface area contributed by atoms with Crippen molar-refractivity contribution in [3.05, 3.63) is 53.6 Å². The van der Waals surface area contributed by atoms with E-state index >= 15 is 0 Å². The lowest BCUT2D eigenvalue weighted by Crippen LogP contribution is -2.36. The Balaban J connectivity index is 1.83. The Morgan fingerprint density at radius 2 is 2.22 bits per heavy atom. The second-order valence-corrected chi connectivity index (χ2v) is 6.19. The molecular formula is C18H16FN5O3. The van der Waals surface area contributed by atoms with Crippen LogP contribution in [0.15, 0.2) is 36.7 Å². The number of amides is 1. The van der Waals surface area contributed by atoms with Crippen LogP contribution in [0, 0.1) is 5.82 Å². The fraction of sp³-hybridized carbons (Fsp3) is 0.222. The van der Waals surface area contributed by atoms with Gasteiger partial charge in [-0.05, 0) is 31.2 Å². The van der Waals surface area contributed by atoms with Gasteiger partial charge >= 0.3 is 0 Å². The average molecular weight is 369 g/mol. The fourth-order valence-electron chi connectivity index (χ4n) is 2.94. The van der Waals surface area contributed by atoms with Crippen molar-refractivity contribution in [2.75, 3.05) is 11.9 Å². The maximum absolute atomic E-state index is 13.8. The molecule has 4 rings (SSSR count). The lowest BCUT2D eigenvalue weighted by Gasteiger charge is -2.21. The van der Waals surface area contributed by atoms with Crippen LogP contribution in [0.5, 0.6) is 5.75 Å². The highest BCUT2D eigenvalue weighted by Gasteiger charge is 2.21. The molecule has 2 bridgehead atoms. The SMILES string of the molecule is C[C@H]1Nc2ccn3ncc(c3n2)C(=O)NC[C@H](C=O)Oc2ccc(F)cc21. The fourth-order valence-corrected chi connectivity index (χ4v) is 2.94. The quantitative estimate of drug-likeness (QED) is 0.634. The van der Waals surface area contributed by atoms with Gasteiger partial charge in [-0.15, -0.1) is 0 Å². The van der Waals surface area contributed by atoms with Crippen LogP contribution in [-0.4, -0.2) is 39.4 Å². The highest BCUT2D eigenvalue weighted by atomic mass is 19.1. The van der Waals surface area contributed by atoms with E-state index in [4.69, 9.17) is 4.74 Å². The summed E-state index contributed by atoms with van der Waals surface area (Å²) in [7, 11) is 0. The molecule has 27 heavy (non-hydrogen) atoms. The van der Waals surface area contributed by atoms with Crippen LogP contribution < -0.4 is 15.4 Å². The summed E-state index contributed by atoms with van der Waals surface area (Å²) >= 11 is 0. The molecule has 1 aliphatic rings. The summed E-state index contributed by atoms with van der Waals surface area (Å²) in [5.41, 5.74) is 1.17. The van der Waals surface area contributed by atoms with Crippen molar-refractivity contribution in [2.45, 2.75) is 19.1 Å². The topological polar surface area (TPSA) is 97.6 Å². The number of fused-ring (bicyclic) bond motifs is 2. The molecule has 138 valence electrons. The smallest absolute Gasteiger partial charge is 0.256 e. The van der Waals surface area contributed by atoms with E-state index in [9.17, 15) is 14.0 Å². The van der Waals surface area contributed by atoms with Gasteiger partial charge in [-0.2, -0.15) is 5.10 Å². The predicted octanol–water partition coefficient (Wildman–Crippen LogP) is 1.73. The first-order valence-electron chi connectivity index (χ1n) is 8.35. The highest BCUT2D eigenvalue weighted by molar-refractivity contribution is 5.99. The highest BCUT2D eigenvalue weighted by Crippen LogP contribution is 2.29. The van der Waals surface area contributed by atoms with Crippen molar-refractivity contribution in [1.82, 2.24) is 19.9 Å². The summed E-state index contributed by atoms with van der Waals surface area (Å²) in [6.45, 7) is 1.78. The minimum atomic E-state index is -0.923. The van der Waals surface area contributed by atoms with Gasteiger partial charge in [-0.1, -0.05) is 0 Å². The lowest BCUT2D eigenvalue weighted by atomic mass is 10.1. The standard InChI is InChI=1S/C18H16FN5O3/c1-10-13-6-11(19)2-3-15(13)27-12(9-25)7-20-18(26)14-8-21-24-5-4-16(22-10)23-17(14)24/h2-6,8-10,12H,7H2,1H3,(H,20,26)(H,22,23)/t10-,12-/m1/s1. The van der Waals surface area contributed by atoms with Gasteiger partial charge in [0, 0.05) is 11.8 Å². The molecule has 2 aromatic heterocycles. The maximum Gasteiger partial charge on any atom is 0.256 e. The van der Waals surface area contributed by atoms with E-state index in [1.54, 1.807) is 12.3 Å². The number of carbonyl (C=O) groups is 2. The minimum absolute atomic E-state index is 0.0437. The van der Waals surface area contributed by atoms with Crippen molar-refractivity contribution in [2.24, 2.45) is 0 Å². The summed E-state index contributed by atoms with van der Waals surface area (Å²) in [5.74, 6) is 0.00139. The molecule has 9 heteroatoms. The lowest BCUT2D eigenvalue weighted by molar-refractivity contribution is -0.113. The molecule has 8 nitrogen and oxygen atoms in total. The molecule has 3 aromatic rings. The Bertz CT molecular complexity index is 1040.